The maximum absolute atomic E-state index is 13.6. The molecular formula is C20H25FN6O2. The van der Waals surface area contributed by atoms with E-state index in [4.69, 9.17) is 0 Å². The lowest BCUT2D eigenvalue weighted by Crippen LogP contribution is -2.75. The number of piperidine rings is 1. The van der Waals surface area contributed by atoms with E-state index in [1.165, 1.54) is 10.9 Å². The monoisotopic (exact) mass is 400 g/mol. The Morgan fingerprint density at radius 2 is 1.90 bits per heavy atom. The molecule has 1 atom stereocenters. The van der Waals surface area contributed by atoms with E-state index in [1.54, 1.807) is 31.0 Å². The summed E-state index contributed by atoms with van der Waals surface area (Å²) in [5, 5.41) is 10.2. The van der Waals surface area contributed by atoms with Gasteiger partial charge >= 0.3 is 0 Å². The number of rotatable bonds is 3. The van der Waals surface area contributed by atoms with Crippen molar-refractivity contribution in [3.05, 3.63) is 42.1 Å². The van der Waals surface area contributed by atoms with Crippen LogP contribution in [0.4, 0.5) is 4.39 Å². The molecule has 29 heavy (non-hydrogen) atoms. The number of hydrogen-bond acceptors (Lipinski definition) is 5. The topological polar surface area (TPSA) is 92.2 Å². The average molecular weight is 400 g/mol. The normalized spacial score (nSPS) is 21.9. The van der Waals surface area contributed by atoms with Crippen LogP contribution in [-0.2, 0) is 9.59 Å². The van der Waals surface area contributed by atoms with E-state index in [0.717, 1.165) is 11.8 Å². The lowest BCUT2D eigenvalue weighted by molar-refractivity contribution is -0.165. The minimum atomic E-state index is -0.990. The fourth-order valence-electron chi connectivity index (χ4n) is 4.23. The maximum atomic E-state index is 13.6. The summed E-state index contributed by atoms with van der Waals surface area (Å²) in [4.78, 5) is 32.6. The molecule has 2 aromatic rings. The predicted octanol–water partition coefficient (Wildman–Crippen LogP) is 1.33. The Morgan fingerprint density at radius 1 is 1.17 bits per heavy atom. The van der Waals surface area contributed by atoms with Crippen molar-refractivity contribution in [2.75, 3.05) is 13.1 Å². The largest absolute Gasteiger partial charge is 0.340 e. The van der Waals surface area contributed by atoms with Gasteiger partial charge < -0.3 is 15.5 Å². The molecule has 0 radical (unpaired) electrons. The van der Waals surface area contributed by atoms with Crippen LogP contribution >= 0.6 is 0 Å². The molecule has 1 spiro atoms. The molecule has 4 rings (SSSR count). The van der Waals surface area contributed by atoms with Crippen LogP contribution in [0.1, 0.15) is 45.2 Å². The summed E-state index contributed by atoms with van der Waals surface area (Å²) < 4.78 is 14.5. The van der Waals surface area contributed by atoms with Crippen molar-refractivity contribution in [1.82, 2.24) is 30.3 Å². The van der Waals surface area contributed by atoms with E-state index in [0.29, 0.717) is 31.7 Å². The highest BCUT2D eigenvalue weighted by Gasteiger charge is 2.56. The molecule has 0 bridgehead atoms. The Kier molecular flexibility index (Phi) is 4.65. The van der Waals surface area contributed by atoms with Crippen LogP contribution in [0.15, 0.2) is 30.7 Å². The molecule has 0 unspecified atom stereocenters. The van der Waals surface area contributed by atoms with Crippen LogP contribution in [0.3, 0.4) is 0 Å². The Labute approximate surface area is 168 Å². The number of amides is 2. The molecule has 2 aromatic heterocycles. The van der Waals surface area contributed by atoms with Crippen molar-refractivity contribution in [1.29, 1.82) is 0 Å². The van der Waals surface area contributed by atoms with E-state index in [9.17, 15) is 14.0 Å². The van der Waals surface area contributed by atoms with Gasteiger partial charge in [0.05, 0.1) is 18.4 Å². The summed E-state index contributed by atoms with van der Waals surface area (Å²) in [6, 6.07) is 3.20. The minimum absolute atomic E-state index is 0.0608. The highest BCUT2D eigenvalue weighted by molar-refractivity contribution is 6.02. The van der Waals surface area contributed by atoms with E-state index in [2.05, 4.69) is 20.7 Å². The van der Waals surface area contributed by atoms with Crippen molar-refractivity contribution >= 4 is 11.8 Å². The second kappa shape index (κ2) is 6.91. The summed E-state index contributed by atoms with van der Waals surface area (Å²) in [5.41, 5.74) is -1.05. The average Bonchev–Trinajstić information content (AvgIpc) is 3.14. The van der Waals surface area contributed by atoms with E-state index in [1.807, 2.05) is 13.0 Å². The predicted molar refractivity (Wildman–Crippen MR) is 104 cm³/mol. The van der Waals surface area contributed by atoms with Gasteiger partial charge in [-0.25, -0.2) is 14.1 Å². The highest BCUT2D eigenvalue weighted by atomic mass is 19.1. The SMILES string of the molecule is C[C@@H](c1ccc(-n2cc(F)cn2)nc1)N1C(=O)C2(CCNCC2)NC(=O)C1(C)C. The zero-order valence-electron chi connectivity index (χ0n) is 16.8. The van der Waals surface area contributed by atoms with Crippen molar-refractivity contribution in [3.8, 4) is 5.82 Å². The number of hydrogen-bond donors (Lipinski definition) is 2. The molecule has 2 amide bonds. The zero-order chi connectivity index (χ0) is 20.8. The van der Waals surface area contributed by atoms with Crippen LogP contribution < -0.4 is 10.6 Å². The maximum Gasteiger partial charge on any atom is 0.249 e. The highest BCUT2D eigenvalue weighted by Crippen LogP contribution is 2.37. The summed E-state index contributed by atoms with van der Waals surface area (Å²) in [5.74, 6) is -0.179. The first-order chi connectivity index (χ1) is 13.7. The Bertz CT molecular complexity index is 933. The van der Waals surface area contributed by atoms with Crippen molar-refractivity contribution in [3.63, 3.8) is 0 Å². The van der Waals surface area contributed by atoms with Crippen LogP contribution in [-0.4, -0.2) is 55.6 Å². The van der Waals surface area contributed by atoms with E-state index < -0.39 is 16.9 Å². The van der Waals surface area contributed by atoms with Crippen LogP contribution in [0, 0.1) is 5.82 Å². The molecule has 2 aliphatic heterocycles. The zero-order valence-corrected chi connectivity index (χ0v) is 16.8. The number of carbonyl (C=O) groups excluding carboxylic acids is 2. The third kappa shape index (κ3) is 3.19. The molecule has 4 heterocycles. The summed E-state index contributed by atoms with van der Waals surface area (Å²) in [7, 11) is 0. The van der Waals surface area contributed by atoms with Gasteiger partial charge in [0.25, 0.3) is 0 Å². The second-order valence-electron chi connectivity index (χ2n) is 8.25. The Hall–Kier alpha value is -2.81. The second-order valence-corrected chi connectivity index (χ2v) is 8.25. The molecule has 0 saturated carbocycles. The first kappa shape index (κ1) is 19.5. The third-order valence-corrected chi connectivity index (χ3v) is 6.02. The van der Waals surface area contributed by atoms with E-state index >= 15 is 0 Å². The van der Waals surface area contributed by atoms with Gasteiger partial charge in [-0.15, -0.1) is 0 Å². The lowest BCUT2D eigenvalue weighted by Gasteiger charge is -2.53. The molecule has 2 N–H and O–H groups in total. The molecular weight excluding hydrogens is 375 g/mol. The Morgan fingerprint density at radius 3 is 2.48 bits per heavy atom. The molecule has 0 aromatic carbocycles. The van der Waals surface area contributed by atoms with Gasteiger partial charge in [-0.1, -0.05) is 6.07 Å². The van der Waals surface area contributed by atoms with Gasteiger partial charge in [0.2, 0.25) is 11.8 Å². The number of pyridine rings is 1. The first-order valence-electron chi connectivity index (χ1n) is 9.78. The molecule has 2 saturated heterocycles. The van der Waals surface area contributed by atoms with Gasteiger partial charge in [-0.05, 0) is 58.3 Å². The van der Waals surface area contributed by atoms with Gasteiger partial charge in [-0.2, -0.15) is 5.10 Å². The van der Waals surface area contributed by atoms with E-state index in [-0.39, 0.29) is 17.9 Å². The van der Waals surface area contributed by atoms with Crippen molar-refractivity contribution < 1.29 is 14.0 Å². The quantitative estimate of drug-likeness (QED) is 0.811. The summed E-state index contributed by atoms with van der Waals surface area (Å²) in [6.45, 7) is 6.80. The fourth-order valence-corrected chi connectivity index (χ4v) is 4.23. The van der Waals surface area contributed by atoms with Crippen LogP contribution in [0.2, 0.25) is 0 Å². The lowest BCUT2D eigenvalue weighted by atomic mass is 9.79. The minimum Gasteiger partial charge on any atom is -0.340 e. The molecule has 2 fully saturated rings. The molecule has 154 valence electrons. The molecule has 0 aliphatic carbocycles. The smallest absolute Gasteiger partial charge is 0.249 e. The number of nitrogens with zero attached hydrogens (tertiary/aromatic N) is 4. The fraction of sp³-hybridized carbons (Fsp3) is 0.500. The molecule has 9 heteroatoms. The van der Waals surface area contributed by atoms with Crippen molar-refractivity contribution in [2.45, 2.75) is 50.7 Å². The summed E-state index contributed by atoms with van der Waals surface area (Å²) in [6.07, 6.45) is 5.14. The van der Waals surface area contributed by atoms with Gasteiger partial charge in [0, 0.05) is 6.20 Å². The number of piperazine rings is 1. The van der Waals surface area contributed by atoms with Crippen LogP contribution in [0.5, 0.6) is 0 Å². The van der Waals surface area contributed by atoms with Gasteiger partial charge in [0.1, 0.15) is 11.1 Å². The summed E-state index contributed by atoms with van der Waals surface area (Å²) >= 11 is 0. The third-order valence-electron chi connectivity index (χ3n) is 6.02. The van der Waals surface area contributed by atoms with Gasteiger partial charge in [-0.3, -0.25) is 9.59 Å². The van der Waals surface area contributed by atoms with Crippen LogP contribution in [0.25, 0.3) is 5.82 Å². The first-order valence-corrected chi connectivity index (χ1v) is 9.78. The standard InChI is InChI=1S/C20H25FN6O2/c1-13(14-4-5-16(23-10-14)26-12-15(21)11-24-26)27-18(29)20(6-8-22-9-7-20)25-17(28)19(27,2)3/h4-5,10-13,22H,6-9H2,1-3H3,(H,25,28)/t13-/m0/s1. The Balaban J connectivity index is 1.65. The number of halogens is 1. The number of carbonyl (C=O) groups is 2. The van der Waals surface area contributed by atoms with Gasteiger partial charge in [0.15, 0.2) is 11.6 Å². The van der Waals surface area contributed by atoms with Crippen molar-refractivity contribution in [2.24, 2.45) is 0 Å². The number of nitrogens with one attached hydrogen (secondary N) is 2. The molecule has 2 aliphatic rings. The number of aromatic nitrogens is 3. The molecule has 8 nitrogen and oxygen atoms in total.